The van der Waals surface area contributed by atoms with Crippen molar-refractivity contribution in [3.8, 4) is 5.75 Å². The third-order valence-corrected chi connectivity index (χ3v) is 7.61. The van der Waals surface area contributed by atoms with Crippen molar-refractivity contribution < 1.29 is 27.1 Å². The van der Waals surface area contributed by atoms with Crippen LogP contribution < -0.4 is 14.4 Å². The zero-order chi connectivity index (χ0) is 29.1. The van der Waals surface area contributed by atoms with E-state index in [1.807, 2.05) is 30.3 Å². The van der Waals surface area contributed by atoms with Crippen molar-refractivity contribution in [2.45, 2.75) is 38.8 Å². The average molecular weight is 570 g/mol. The number of carbonyl (C=O) groups excluding carboxylic acids is 2. The van der Waals surface area contributed by atoms with Crippen LogP contribution in [0, 0.1) is 5.82 Å². The molecule has 0 bridgehead atoms. The second-order valence-corrected chi connectivity index (χ2v) is 11.2. The lowest BCUT2D eigenvalue weighted by Crippen LogP contribution is -2.50. The van der Waals surface area contributed by atoms with E-state index in [2.05, 4.69) is 5.32 Å². The molecule has 2 amide bonds. The number of amides is 2. The number of methoxy groups -OCH3 is 1. The van der Waals surface area contributed by atoms with Gasteiger partial charge in [0, 0.05) is 38.0 Å². The monoisotopic (exact) mass is 569 g/mol. The van der Waals surface area contributed by atoms with E-state index in [-0.39, 0.29) is 49.7 Å². The minimum atomic E-state index is -3.69. The van der Waals surface area contributed by atoms with E-state index in [4.69, 9.17) is 4.74 Å². The van der Waals surface area contributed by atoms with Crippen molar-refractivity contribution in [1.82, 2.24) is 10.2 Å². The Kier molecular flexibility index (Phi) is 11.1. The number of nitrogens with zero attached hydrogens (tertiary/aromatic N) is 2. The van der Waals surface area contributed by atoms with Crippen molar-refractivity contribution in [2.24, 2.45) is 0 Å². The Balaban J connectivity index is 1.88. The molecular formula is C30H36FN3O5S. The molecule has 0 aliphatic rings. The first-order chi connectivity index (χ1) is 19.2. The van der Waals surface area contributed by atoms with Gasteiger partial charge in [-0.15, -0.1) is 0 Å². The van der Waals surface area contributed by atoms with Crippen LogP contribution in [0.1, 0.15) is 30.9 Å². The number of rotatable bonds is 14. The fraction of sp³-hybridized carbons (Fsp3) is 0.333. The van der Waals surface area contributed by atoms with Gasteiger partial charge in [0.15, 0.2) is 0 Å². The molecule has 10 heteroatoms. The summed E-state index contributed by atoms with van der Waals surface area (Å²) in [5.74, 6) is -0.819. The Labute approximate surface area is 235 Å². The second-order valence-electron chi connectivity index (χ2n) is 9.32. The summed E-state index contributed by atoms with van der Waals surface area (Å²) in [5, 5.41) is 2.80. The maximum absolute atomic E-state index is 14.7. The molecule has 0 aliphatic carbocycles. The van der Waals surface area contributed by atoms with Gasteiger partial charge in [0.2, 0.25) is 21.8 Å². The molecule has 0 aliphatic heterocycles. The largest absolute Gasteiger partial charge is 0.495 e. The molecule has 8 nitrogen and oxygen atoms in total. The number of benzene rings is 3. The number of likely N-dealkylation sites (N-methyl/N-ethyl adjacent to an activating group) is 1. The summed E-state index contributed by atoms with van der Waals surface area (Å²) in [4.78, 5) is 28.4. The number of sulfonamides is 1. The molecule has 1 N–H and O–H groups in total. The number of carbonyl (C=O) groups is 2. The van der Waals surface area contributed by atoms with Crippen molar-refractivity contribution in [3.63, 3.8) is 0 Å². The average Bonchev–Trinajstić information content (AvgIpc) is 2.94. The van der Waals surface area contributed by atoms with E-state index in [0.717, 1.165) is 11.8 Å². The highest BCUT2D eigenvalue weighted by Crippen LogP contribution is 2.30. The summed E-state index contributed by atoms with van der Waals surface area (Å²) in [5.41, 5.74) is 1.50. The maximum atomic E-state index is 14.7. The predicted octanol–water partition coefficient (Wildman–Crippen LogP) is 4.16. The highest BCUT2D eigenvalue weighted by atomic mass is 32.2. The topological polar surface area (TPSA) is 96.0 Å². The molecule has 3 aromatic carbocycles. The predicted molar refractivity (Wildman–Crippen MR) is 154 cm³/mol. The summed E-state index contributed by atoms with van der Waals surface area (Å²) in [6.07, 6.45) is 1.45. The molecule has 1 atom stereocenters. The van der Waals surface area contributed by atoms with Gasteiger partial charge in [-0.3, -0.25) is 13.9 Å². The first kappa shape index (κ1) is 30.6. The van der Waals surface area contributed by atoms with Gasteiger partial charge < -0.3 is 15.0 Å². The SMILES string of the molecule is CCNC(=O)[C@@H](Cc1ccccc1)N(Cc1ccccc1F)C(=O)CCCN(c1ccccc1OC)S(C)(=O)=O. The lowest BCUT2D eigenvalue weighted by atomic mass is 10.0. The number of nitrogens with one attached hydrogen (secondary N) is 1. The van der Waals surface area contributed by atoms with E-state index < -0.39 is 21.9 Å². The van der Waals surface area contributed by atoms with Crippen LogP contribution in [0.25, 0.3) is 0 Å². The standard InChI is InChI=1S/C30H36FN3O5S/c1-4-32-30(36)27(21-23-13-6-5-7-14-23)33(22-24-15-8-9-16-25(24)31)29(35)19-12-20-34(40(3,37)38)26-17-10-11-18-28(26)39-2/h5-11,13-18,27H,4,12,19-22H2,1-3H3,(H,32,36)/t27-/m1/s1. The summed E-state index contributed by atoms with van der Waals surface area (Å²) in [6, 6.07) is 21.3. The molecular weight excluding hydrogens is 533 g/mol. The molecule has 0 saturated carbocycles. The Morgan fingerprint density at radius 3 is 2.27 bits per heavy atom. The molecule has 0 saturated heterocycles. The van der Waals surface area contributed by atoms with Gasteiger partial charge in [0.25, 0.3) is 0 Å². The minimum Gasteiger partial charge on any atom is -0.495 e. The Morgan fingerprint density at radius 2 is 1.62 bits per heavy atom. The summed E-state index contributed by atoms with van der Waals surface area (Å²) < 4.78 is 46.5. The van der Waals surface area contributed by atoms with Crippen molar-refractivity contribution >= 4 is 27.5 Å². The van der Waals surface area contributed by atoms with E-state index in [0.29, 0.717) is 18.0 Å². The third-order valence-electron chi connectivity index (χ3n) is 6.43. The van der Waals surface area contributed by atoms with E-state index >= 15 is 0 Å². The number of halogens is 1. The quantitative estimate of drug-likeness (QED) is 0.315. The summed E-state index contributed by atoms with van der Waals surface area (Å²) in [6.45, 7) is 2.07. The van der Waals surface area contributed by atoms with Crippen LogP contribution in [0.3, 0.4) is 0 Å². The molecule has 40 heavy (non-hydrogen) atoms. The lowest BCUT2D eigenvalue weighted by molar-refractivity contribution is -0.141. The Bertz CT molecular complexity index is 1380. The normalized spacial score (nSPS) is 11.9. The molecule has 0 heterocycles. The van der Waals surface area contributed by atoms with Gasteiger partial charge >= 0.3 is 0 Å². The van der Waals surface area contributed by atoms with Crippen LogP contribution >= 0.6 is 0 Å². The van der Waals surface area contributed by atoms with Gasteiger partial charge in [-0.1, -0.05) is 60.7 Å². The fourth-order valence-electron chi connectivity index (χ4n) is 4.47. The molecule has 3 aromatic rings. The van der Waals surface area contributed by atoms with Crippen molar-refractivity contribution in [1.29, 1.82) is 0 Å². The van der Waals surface area contributed by atoms with Crippen molar-refractivity contribution in [2.75, 3.05) is 30.8 Å². The molecule has 214 valence electrons. The first-order valence-corrected chi connectivity index (χ1v) is 15.0. The van der Waals surface area contributed by atoms with Crippen LogP contribution in [0.4, 0.5) is 10.1 Å². The first-order valence-electron chi connectivity index (χ1n) is 13.1. The molecule has 0 unspecified atom stereocenters. The third kappa shape index (κ3) is 8.29. The van der Waals surface area contributed by atoms with Gasteiger partial charge in [-0.05, 0) is 37.1 Å². The van der Waals surface area contributed by atoms with Crippen LogP contribution in [0.15, 0.2) is 78.9 Å². The van der Waals surface area contributed by atoms with Gasteiger partial charge in [0.05, 0.1) is 19.1 Å². The van der Waals surface area contributed by atoms with E-state index in [1.54, 1.807) is 49.4 Å². The molecule has 0 fully saturated rings. The smallest absolute Gasteiger partial charge is 0.243 e. The molecule has 0 aromatic heterocycles. The van der Waals surface area contributed by atoms with Gasteiger partial charge in [-0.2, -0.15) is 0 Å². The zero-order valence-corrected chi connectivity index (χ0v) is 23.9. The van der Waals surface area contributed by atoms with Crippen LogP contribution in [-0.4, -0.2) is 57.6 Å². The zero-order valence-electron chi connectivity index (χ0n) is 23.0. The fourth-order valence-corrected chi connectivity index (χ4v) is 5.44. The number of anilines is 1. The number of para-hydroxylation sites is 2. The highest BCUT2D eigenvalue weighted by molar-refractivity contribution is 7.92. The van der Waals surface area contributed by atoms with Crippen LogP contribution in [0.5, 0.6) is 5.75 Å². The number of ether oxygens (including phenoxy) is 1. The second kappa shape index (κ2) is 14.5. The lowest BCUT2D eigenvalue weighted by Gasteiger charge is -2.32. The minimum absolute atomic E-state index is 0.0169. The van der Waals surface area contributed by atoms with Crippen LogP contribution in [0.2, 0.25) is 0 Å². The molecule has 0 radical (unpaired) electrons. The molecule has 3 rings (SSSR count). The Hall–Kier alpha value is -3.92. The Morgan fingerprint density at radius 1 is 0.975 bits per heavy atom. The number of hydrogen-bond donors (Lipinski definition) is 1. The van der Waals surface area contributed by atoms with Gasteiger partial charge in [-0.25, -0.2) is 12.8 Å². The maximum Gasteiger partial charge on any atom is 0.243 e. The highest BCUT2D eigenvalue weighted by Gasteiger charge is 2.31. The van der Waals surface area contributed by atoms with Crippen molar-refractivity contribution in [3.05, 3.63) is 95.8 Å². The summed E-state index contributed by atoms with van der Waals surface area (Å²) in [7, 11) is -2.23. The van der Waals surface area contributed by atoms with E-state index in [1.165, 1.54) is 22.4 Å². The van der Waals surface area contributed by atoms with E-state index in [9.17, 15) is 22.4 Å². The molecule has 0 spiro atoms. The summed E-state index contributed by atoms with van der Waals surface area (Å²) >= 11 is 0. The van der Waals surface area contributed by atoms with Gasteiger partial charge in [0.1, 0.15) is 17.6 Å². The number of hydrogen-bond acceptors (Lipinski definition) is 5. The van der Waals surface area contributed by atoms with Crippen LogP contribution in [-0.2, 0) is 32.6 Å².